The minimum Gasteiger partial charge on any atom is -0.392 e. The van der Waals surface area contributed by atoms with Crippen LogP contribution >= 0.6 is 0 Å². The van der Waals surface area contributed by atoms with Gasteiger partial charge in [0.05, 0.1) is 6.61 Å². The summed E-state index contributed by atoms with van der Waals surface area (Å²) in [6, 6.07) is 15.7. The Bertz CT molecular complexity index is 698. The molecule has 3 N–H and O–H groups in total. The molecule has 0 aliphatic rings. The normalized spacial score (nSPS) is 12.2. The molecule has 1 unspecified atom stereocenters. The largest absolute Gasteiger partial charge is 0.392 e. The van der Waals surface area contributed by atoms with Crippen molar-refractivity contribution in [3.8, 4) is 0 Å². The molecule has 0 spiro atoms. The third-order valence-corrected chi connectivity index (χ3v) is 4.28. The summed E-state index contributed by atoms with van der Waals surface area (Å²) in [7, 11) is 0. The van der Waals surface area contributed by atoms with Gasteiger partial charge in [0.25, 0.3) is 0 Å². The highest BCUT2D eigenvalue weighted by Crippen LogP contribution is 2.23. The van der Waals surface area contributed by atoms with Crippen LogP contribution in [0.25, 0.3) is 0 Å². The van der Waals surface area contributed by atoms with Crippen molar-refractivity contribution < 1.29 is 9.90 Å². The fourth-order valence-electron chi connectivity index (χ4n) is 2.83. The van der Waals surface area contributed by atoms with Crippen molar-refractivity contribution in [2.24, 2.45) is 0 Å². The Labute approximate surface area is 150 Å². The quantitative estimate of drug-likeness (QED) is 0.685. The van der Waals surface area contributed by atoms with Crippen LogP contribution in [0.15, 0.2) is 48.5 Å². The van der Waals surface area contributed by atoms with Crippen molar-refractivity contribution in [3.63, 3.8) is 0 Å². The van der Waals surface area contributed by atoms with Crippen LogP contribution in [0.5, 0.6) is 0 Å². The van der Waals surface area contributed by atoms with E-state index in [1.54, 1.807) is 0 Å². The molecule has 4 nitrogen and oxygen atoms in total. The maximum absolute atomic E-state index is 12.3. The van der Waals surface area contributed by atoms with Gasteiger partial charge in [0.1, 0.15) is 0 Å². The molecule has 0 aromatic heterocycles. The van der Waals surface area contributed by atoms with Gasteiger partial charge in [-0.1, -0.05) is 56.3 Å². The zero-order valence-electron chi connectivity index (χ0n) is 15.3. The number of nitrogens with one attached hydrogen (secondary N) is 2. The van der Waals surface area contributed by atoms with Crippen LogP contribution in [0.1, 0.15) is 49.8 Å². The fourth-order valence-corrected chi connectivity index (χ4v) is 2.83. The third kappa shape index (κ3) is 5.69. The monoisotopic (exact) mass is 340 g/mol. The maximum Gasteiger partial charge on any atom is 0.225 e. The number of amides is 1. The van der Waals surface area contributed by atoms with E-state index in [0.29, 0.717) is 18.9 Å². The number of aliphatic hydroxyl groups excluding tert-OH is 1. The molecule has 2 rings (SSSR count). The van der Waals surface area contributed by atoms with Crippen molar-refractivity contribution in [1.82, 2.24) is 5.32 Å². The van der Waals surface area contributed by atoms with Gasteiger partial charge in [-0.25, -0.2) is 0 Å². The van der Waals surface area contributed by atoms with Gasteiger partial charge >= 0.3 is 0 Å². The molecule has 0 aliphatic carbocycles. The van der Waals surface area contributed by atoms with E-state index in [4.69, 9.17) is 0 Å². The molecule has 0 aliphatic heterocycles. The molecule has 134 valence electrons. The molecule has 1 amide bonds. The first-order chi connectivity index (χ1) is 12.0. The van der Waals surface area contributed by atoms with Gasteiger partial charge in [-0.05, 0) is 35.6 Å². The molecule has 0 saturated heterocycles. The van der Waals surface area contributed by atoms with E-state index in [2.05, 4.69) is 24.5 Å². The minimum atomic E-state index is 0.00328. The van der Waals surface area contributed by atoms with Crippen molar-refractivity contribution in [2.75, 3.05) is 5.32 Å². The number of para-hydroxylation sites is 1. The van der Waals surface area contributed by atoms with Crippen molar-refractivity contribution in [2.45, 2.75) is 52.3 Å². The molecular formula is C21H28N2O2. The SMILES string of the molecule is CC(CC(=O)Nc1ccccc1C(C)C)NCc1ccccc1CO. The van der Waals surface area contributed by atoms with E-state index in [-0.39, 0.29) is 18.6 Å². The second-order valence-corrected chi connectivity index (χ2v) is 6.70. The summed E-state index contributed by atoms with van der Waals surface area (Å²) in [5, 5.41) is 15.8. The first kappa shape index (κ1) is 19.2. The van der Waals surface area contributed by atoms with Crippen LogP contribution in [-0.2, 0) is 17.9 Å². The summed E-state index contributed by atoms with van der Waals surface area (Å²) in [5.41, 5.74) is 4.01. The highest BCUT2D eigenvalue weighted by atomic mass is 16.3. The van der Waals surface area contributed by atoms with Crippen LogP contribution in [0, 0.1) is 0 Å². The molecule has 0 heterocycles. The number of hydrogen-bond acceptors (Lipinski definition) is 3. The van der Waals surface area contributed by atoms with Gasteiger partial charge < -0.3 is 15.7 Å². The van der Waals surface area contributed by atoms with Gasteiger partial charge in [-0.3, -0.25) is 4.79 Å². The van der Waals surface area contributed by atoms with Gasteiger partial charge in [0.15, 0.2) is 0 Å². The van der Waals surface area contributed by atoms with Crippen molar-refractivity contribution >= 4 is 11.6 Å². The molecule has 25 heavy (non-hydrogen) atoms. The first-order valence-electron chi connectivity index (χ1n) is 8.81. The summed E-state index contributed by atoms with van der Waals surface area (Å²) in [5.74, 6) is 0.366. The minimum absolute atomic E-state index is 0.00328. The van der Waals surface area contributed by atoms with Gasteiger partial charge in [0.2, 0.25) is 5.91 Å². The summed E-state index contributed by atoms with van der Waals surface area (Å²) >= 11 is 0. The number of carbonyl (C=O) groups is 1. The van der Waals surface area contributed by atoms with Crippen LogP contribution in [0.2, 0.25) is 0 Å². The standard InChI is InChI=1S/C21H28N2O2/c1-15(2)19-10-6-7-11-20(19)23-21(25)12-16(3)22-13-17-8-4-5-9-18(17)14-24/h4-11,15-16,22,24H,12-14H2,1-3H3,(H,23,25). The van der Waals surface area contributed by atoms with Gasteiger partial charge in [0, 0.05) is 24.7 Å². The van der Waals surface area contributed by atoms with E-state index >= 15 is 0 Å². The Morgan fingerprint density at radius 3 is 2.32 bits per heavy atom. The van der Waals surface area contributed by atoms with Gasteiger partial charge in [-0.15, -0.1) is 0 Å². The van der Waals surface area contributed by atoms with E-state index in [1.807, 2.05) is 55.5 Å². The number of carbonyl (C=O) groups excluding carboxylic acids is 1. The topological polar surface area (TPSA) is 61.4 Å². The zero-order valence-corrected chi connectivity index (χ0v) is 15.3. The molecule has 0 fully saturated rings. The molecule has 4 heteroatoms. The van der Waals surface area contributed by atoms with E-state index in [0.717, 1.165) is 22.4 Å². The van der Waals surface area contributed by atoms with Crippen LogP contribution in [-0.4, -0.2) is 17.1 Å². The van der Waals surface area contributed by atoms with Crippen molar-refractivity contribution in [1.29, 1.82) is 0 Å². The summed E-state index contributed by atoms with van der Waals surface area (Å²) < 4.78 is 0. The Balaban J connectivity index is 1.88. The third-order valence-electron chi connectivity index (χ3n) is 4.28. The van der Waals surface area contributed by atoms with E-state index in [1.165, 1.54) is 0 Å². The highest BCUT2D eigenvalue weighted by molar-refractivity contribution is 5.92. The molecular weight excluding hydrogens is 312 g/mol. The molecule has 0 bridgehead atoms. The molecule has 0 radical (unpaired) electrons. The second-order valence-electron chi connectivity index (χ2n) is 6.70. The number of rotatable bonds is 8. The highest BCUT2D eigenvalue weighted by Gasteiger charge is 2.12. The van der Waals surface area contributed by atoms with Crippen LogP contribution in [0.3, 0.4) is 0 Å². The molecule has 1 atom stereocenters. The smallest absolute Gasteiger partial charge is 0.225 e. The predicted octanol–water partition coefficient (Wildman–Crippen LogP) is 3.81. The van der Waals surface area contributed by atoms with Crippen LogP contribution in [0.4, 0.5) is 5.69 Å². The number of hydrogen-bond donors (Lipinski definition) is 3. The number of aliphatic hydroxyl groups is 1. The van der Waals surface area contributed by atoms with E-state index in [9.17, 15) is 9.90 Å². The lowest BCUT2D eigenvalue weighted by atomic mass is 10.0. The van der Waals surface area contributed by atoms with E-state index < -0.39 is 0 Å². The fraction of sp³-hybridized carbons (Fsp3) is 0.381. The zero-order chi connectivity index (χ0) is 18.2. The predicted molar refractivity (Wildman–Crippen MR) is 102 cm³/mol. The average molecular weight is 340 g/mol. The molecule has 0 saturated carbocycles. The number of anilines is 1. The average Bonchev–Trinajstić information content (AvgIpc) is 2.60. The summed E-state index contributed by atoms with van der Waals surface area (Å²) in [6.45, 7) is 6.89. The second kappa shape index (κ2) is 9.35. The molecule has 2 aromatic carbocycles. The lowest BCUT2D eigenvalue weighted by Gasteiger charge is -2.17. The van der Waals surface area contributed by atoms with Crippen molar-refractivity contribution in [3.05, 3.63) is 65.2 Å². The lowest BCUT2D eigenvalue weighted by Crippen LogP contribution is -2.30. The van der Waals surface area contributed by atoms with Gasteiger partial charge in [-0.2, -0.15) is 0 Å². The van der Waals surface area contributed by atoms with Crippen LogP contribution < -0.4 is 10.6 Å². The maximum atomic E-state index is 12.3. The summed E-state index contributed by atoms with van der Waals surface area (Å²) in [6.07, 6.45) is 0.397. The Hall–Kier alpha value is -2.17. The Kier molecular flexibility index (Phi) is 7.16. The first-order valence-corrected chi connectivity index (χ1v) is 8.81. The Morgan fingerprint density at radius 2 is 1.64 bits per heavy atom. The Morgan fingerprint density at radius 1 is 1.00 bits per heavy atom. The lowest BCUT2D eigenvalue weighted by molar-refractivity contribution is -0.116. The molecule has 2 aromatic rings. The number of benzene rings is 2. The summed E-state index contributed by atoms with van der Waals surface area (Å²) in [4.78, 5) is 12.3.